The molecule has 1 rings (SSSR count). The van der Waals surface area contributed by atoms with E-state index < -0.39 is 0 Å². The Labute approximate surface area is 83.5 Å². The molecule has 0 radical (unpaired) electrons. The van der Waals surface area contributed by atoms with Crippen LogP contribution < -0.4 is 11.1 Å². The molecule has 0 atom stereocenters. The Morgan fingerprint density at radius 3 is 2.71 bits per heavy atom. The summed E-state index contributed by atoms with van der Waals surface area (Å²) in [6.45, 7) is 4.68. The van der Waals surface area contributed by atoms with Crippen molar-refractivity contribution >= 4 is 5.82 Å². The fourth-order valence-electron chi connectivity index (χ4n) is 1.22. The summed E-state index contributed by atoms with van der Waals surface area (Å²) < 4.78 is 12.6. The Balaban J connectivity index is 2.64. The van der Waals surface area contributed by atoms with Crippen molar-refractivity contribution in [2.45, 2.75) is 25.8 Å². The first-order valence-electron chi connectivity index (χ1n) is 4.63. The number of aromatic nitrogens is 1. The highest BCUT2D eigenvalue weighted by Gasteiger charge is 2.16. The van der Waals surface area contributed by atoms with E-state index in [0.717, 1.165) is 6.42 Å². The van der Waals surface area contributed by atoms with Crippen LogP contribution in [0.3, 0.4) is 0 Å². The van der Waals surface area contributed by atoms with Crippen molar-refractivity contribution < 1.29 is 4.39 Å². The fourth-order valence-corrected chi connectivity index (χ4v) is 1.22. The molecule has 0 unspecified atom stereocenters. The third-order valence-electron chi connectivity index (χ3n) is 1.96. The van der Waals surface area contributed by atoms with Crippen molar-refractivity contribution in [1.29, 1.82) is 0 Å². The van der Waals surface area contributed by atoms with E-state index in [1.165, 1.54) is 12.3 Å². The van der Waals surface area contributed by atoms with E-state index in [4.69, 9.17) is 5.73 Å². The number of rotatable bonds is 4. The van der Waals surface area contributed by atoms with Crippen molar-refractivity contribution in [3.05, 3.63) is 24.1 Å². The van der Waals surface area contributed by atoms with Gasteiger partial charge in [0, 0.05) is 5.54 Å². The van der Waals surface area contributed by atoms with Crippen molar-refractivity contribution in [3.8, 4) is 0 Å². The summed E-state index contributed by atoms with van der Waals surface area (Å²) in [6, 6.07) is 3.00. The predicted molar refractivity (Wildman–Crippen MR) is 55.6 cm³/mol. The van der Waals surface area contributed by atoms with Crippen LogP contribution in [0.2, 0.25) is 0 Å². The lowest BCUT2D eigenvalue weighted by Crippen LogP contribution is -2.33. The summed E-state index contributed by atoms with van der Waals surface area (Å²) >= 11 is 0. The van der Waals surface area contributed by atoms with Crippen LogP contribution in [-0.4, -0.2) is 17.1 Å². The molecular weight excluding hydrogens is 181 g/mol. The summed E-state index contributed by atoms with van der Waals surface area (Å²) in [5, 5.41) is 3.19. The maximum absolute atomic E-state index is 12.6. The predicted octanol–water partition coefficient (Wildman–Crippen LogP) is 1.76. The Hall–Kier alpha value is -1.16. The highest BCUT2D eigenvalue weighted by Crippen LogP contribution is 2.15. The quantitative estimate of drug-likeness (QED) is 0.773. The monoisotopic (exact) mass is 197 g/mol. The van der Waals surface area contributed by atoms with Gasteiger partial charge in [-0.1, -0.05) is 0 Å². The molecule has 0 saturated heterocycles. The minimum atomic E-state index is -0.327. The second-order valence-corrected chi connectivity index (χ2v) is 3.91. The van der Waals surface area contributed by atoms with Crippen molar-refractivity contribution in [3.63, 3.8) is 0 Å². The smallest absolute Gasteiger partial charge is 0.141 e. The Morgan fingerprint density at radius 1 is 1.50 bits per heavy atom. The molecule has 3 N–H and O–H groups in total. The molecule has 0 fully saturated rings. The van der Waals surface area contributed by atoms with Crippen LogP contribution in [0.25, 0.3) is 0 Å². The summed E-state index contributed by atoms with van der Waals surface area (Å²) in [7, 11) is 0. The molecule has 0 aromatic carbocycles. The lowest BCUT2D eigenvalue weighted by molar-refractivity contribution is 0.523. The van der Waals surface area contributed by atoms with Gasteiger partial charge in [-0.25, -0.2) is 9.37 Å². The van der Waals surface area contributed by atoms with Gasteiger partial charge in [-0.2, -0.15) is 0 Å². The van der Waals surface area contributed by atoms with E-state index in [0.29, 0.717) is 12.4 Å². The number of pyridine rings is 1. The van der Waals surface area contributed by atoms with E-state index in [-0.39, 0.29) is 11.4 Å². The Kier molecular flexibility index (Phi) is 3.41. The molecule has 14 heavy (non-hydrogen) atoms. The van der Waals surface area contributed by atoms with E-state index in [1.807, 2.05) is 13.8 Å². The normalized spacial score (nSPS) is 11.4. The van der Waals surface area contributed by atoms with Gasteiger partial charge in [0.25, 0.3) is 0 Å². The molecule has 4 heteroatoms. The summed E-state index contributed by atoms with van der Waals surface area (Å²) in [5.74, 6) is 0.344. The van der Waals surface area contributed by atoms with Crippen LogP contribution in [0.5, 0.6) is 0 Å². The van der Waals surface area contributed by atoms with Gasteiger partial charge in [-0.3, -0.25) is 0 Å². The van der Waals surface area contributed by atoms with Gasteiger partial charge in [-0.05, 0) is 38.9 Å². The standard InChI is InChI=1S/C10H16FN3/c1-10(2,5-6-12)14-9-4-3-8(11)7-13-9/h3-4,7H,5-6,12H2,1-2H3,(H,13,14). The van der Waals surface area contributed by atoms with E-state index in [9.17, 15) is 4.39 Å². The summed E-state index contributed by atoms with van der Waals surface area (Å²) in [4.78, 5) is 3.92. The van der Waals surface area contributed by atoms with Crippen LogP contribution in [0.15, 0.2) is 18.3 Å². The average molecular weight is 197 g/mol. The van der Waals surface area contributed by atoms with Gasteiger partial charge in [-0.15, -0.1) is 0 Å². The largest absolute Gasteiger partial charge is 0.365 e. The lowest BCUT2D eigenvalue weighted by Gasteiger charge is -2.26. The van der Waals surface area contributed by atoms with Crippen LogP contribution in [0.1, 0.15) is 20.3 Å². The van der Waals surface area contributed by atoms with Crippen LogP contribution >= 0.6 is 0 Å². The number of nitrogens with one attached hydrogen (secondary N) is 1. The number of nitrogens with zero attached hydrogens (tertiary/aromatic N) is 1. The zero-order valence-electron chi connectivity index (χ0n) is 8.55. The topological polar surface area (TPSA) is 50.9 Å². The fraction of sp³-hybridized carbons (Fsp3) is 0.500. The second kappa shape index (κ2) is 4.37. The number of anilines is 1. The first-order chi connectivity index (χ1) is 6.53. The zero-order valence-corrected chi connectivity index (χ0v) is 8.55. The summed E-state index contributed by atoms with van der Waals surface area (Å²) in [5.41, 5.74) is 5.36. The Morgan fingerprint density at radius 2 is 2.21 bits per heavy atom. The van der Waals surface area contributed by atoms with Crippen molar-refractivity contribution in [1.82, 2.24) is 4.98 Å². The van der Waals surface area contributed by atoms with E-state index >= 15 is 0 Å². The maximum Gasteiger partial charge on any atom is 0.141 e. The third-order valence-corrected chi connectivity index (χ3v) is 1.96. The molecule has 0 saturated carbocycles. The molecule has 1 heterocycles. The maximum atomic E-state index is 12.6. The van der Waals surface area contributed by atoms with Gasteiger partial charge >= 0.3 is 0 Å². The van der Waals surface area contributed by atoms with Gasteiger partial charge < -0.3 is 11.1 Å². The second-order valence-electron chi connectivity index (χ2n) is 3.91. The number of hydrogen-bond donors (Lipinski definition) is 2. The van der Waals surface area contributed by atoms with E-state index in [1.54, 1.807) is 6.07 Å². The van der Waals surface area contributed by atoms with Gasteiger partial charge in [0.05, 0.1) is 6.20 Å². The van der Waals surface area contributed by atoms with Crippen LogP contribution in [0.4, 0.5) is 10.2 Å². The van der Waals surface area contributed by atoms with Gasteiger partial charge in [0.1, 0.15) is 11.6 Å². The SMILES string of the molecule is CC(C)(CCN)Nc1ccc(F)cn1. The highest BCUT2D eigenvalue weighted by atomic mass is 19.1. The number of hydrogen-bond acceptors (Lipinski definition) is 3. The molecule has 0 aliphatic rings. The van der Waals surface area contributed by atoms with Crippen LogP contribution in [0, 0.1) is 5.82 Å². The molecule has 0 aliphatic carbocycles. The minimum Gasteiger partial charge on any atom is -0.365 e. The molecule has 3 nitrogen and oxygen atoms in total. The molecule has 1 aromatic rings. The Bertz CT molecular complexity index is 282. The van der Waals surface area contributed by atoms with E-state index in [2.05, 4.69) is 10.3 Å². The summed E-state index contributed by atoms with van der Waals surface area (Å²) in [6.07, 6.45) is 2.03. The lowest BCUT2D eigenvalue weighted by atomic mass is 10.0. The highest BCUT2D eigenvalue weighted by molar-refractivity contribution is 5.36. The molecular formula is C10H16FN3. The molecule has 78 valence electrons. The minimum absolute atomic E-state index is 0.112. The third kappa shape index (κ3) is 3.30. The first-order valence-corrected chi connectivity index (χ1v) is 4.63. The zero-order chi connectivity index (χ0) is 10.6. The average Bonchev–Trinajstić information content (AvgIpc) is 2.08. The van der Waals surface area contributed by atoms with Crippen LogP contribution in [-0.2, 0) is 0 Å². The molecule has 0 bridgehead atoms. The molecule has 1 aromatic heterocycles. The van der Waals surface area contributed by atoms with Gasteiger partial charge in [0.2, 0.25) is 0 Å². The number of nitrogens with two attached hydrogens (primary N) is 1. The first kappa shape index (κ1) is 10.9. The molecule has 0 amide bonds. The molecule has 0 aliphatic heterocycles. The molecule has 0 spiro atoms. The van der Waals surface area contributed by atoms with Gasteiger partial charge in [0.15, 0.2) is 0 Å². The van der Waals surface area contributed by atoms with Crippen molar-refractivity contribution in [2.24, 2.45) is 5.73 Å². The number of halogens is 1. The van der Waals surface area contributed by atoms with Crippen molar-refractivity contribution in [2.75, 3.05) is 11.9 Å².